The van der Waals surface area contributed by atoms with Gasteiger partial charge in [0.25, 0.3) is 5.56 Å². The summed E-state index contributed by atoms with van der Waals surface area (Å²) in [6, 6.07) is 1.52. The van der Waals surface area contributed by atoms with E-state index in [1.165, 1.54) is 10.6 Å². The molecule has 0 bridgehead atoms. The molecule has 18 heavy (non-hydrogen) atoms. The minimum absolute atomic E-state index is 0.00696. The van der Waals surface area contributed by atoms with E-state index in [0.717, 1.165) is 12.8 Å². The van der Waals surface area contributed by atoms with Gasteiger partial charge in [0.05, 0.1) is 0 Å². The van der Waals surface area contributed by atoms with Gasteiger partial charge < -0.3 is 5.32 Å². The molecule has 1 saturated carbocycles. The zero-order valence-corrected chi connectivity index (χ0v) is 11.2. The number of hydrogen-bond donors (Lipinski definition) is 1. The molecule has 0 spiro atoms. The van der Waals surface area contributed by atoms with Crippen LogP contribution in [0.2, 0.25) is 5.15 Å². The Labute approximate surface area is 110 Å². The molecule has 1 fully saturated rings. The van der Waals surface area contributed by atoms with Crippen LogP contribution >= 0.6 is 11.6 Å². The molecule has 1 aliphatic rings. The SMILES string of the molecule is CC(C)c1nc(Cl)cc(=O)n1CC(=O)NC1CC1. The average Bonchev–Trinajstić information content (AvgIpc) is 3.05. The highest BCUT2D eigenvalue weighted by Gasteiger charge is 2.24. The Bertz CT molecular complexity index is 521. The maximum atomic E-state index is 11.9. The smallest absolute Gasteiger partial charge is 0.255 e. The van der Waals surface area contributed by atoms with E-state index in [-0.39, 0.29) is 35.1 Å². The fraction of sp³-hybridized carbons (Fsp3) is 0.583. The molecular weight excluding hydrogens is 254 g/mol. The molecule has 5 nitrogen and oxygen atoms in total. The summed E-state index contributed by atoms with van der Waals surface area (Å²) in [5.41, 5.74) is -0.287. The van der Waals surface area contributed by atoms with Gasteiger partial charge >= 0.3 is 0 Å². The molecule has 2 rings (SSSR count). The summed E-state index contributed by atoms with van der Waals surface area (Å²) in [7, 11) is 0. The van der Waals surface area contributed by atoms with Crippen LogP contribution in [-0.2, 0) is 11.3 Å². The second kappa shape index (κ2) is 5.10. The summed E-state index contributed by atoms with van der Waals surface area (Å²) < 4.78 is 1.38. The monoisotopic (exact) mass is 269 g/mol. The molecule has 98 valence electrons. The quantitative estimate of drug-likeness (QED) is 0.838. The molecule has 0 atom stereocenters. The van der Waals surface area contributed by atoms with Crippen molar-refractivity contribution in [3.63, 3.8) is 0 Å². The van der Waals surface area contributed by atoms with Crippen molar-refractivity contribution in [3.05, 3.63) is 27.4 Å². The first-order valence-corrected chi connectivity index (χ1v) is 6.42. The van der Waals surface area contributed by atoms with Gasteiger partial charge in [0, 0.05) is 18.0 Å². The van der Waals surface area contributed by atoms with Gasteiger partial charge in [0.1, 0.15) is 17.5 Å². The lowest BCUT2D eigenvalue weighted by molar-refractivity contribution is -0.121. The Hall–Kier alpha value is -1.36. The third-order valence-corrected chi connectivity index (χ3v) is 2.96. The number of carbonyl (C=O) groups excluding carboxylic acids is 1. The number of rotatable bonds is 4. The Morgan fingerprint density at radius 2 is 2.28 bits per heavy atom. The first kappa shape index (κ1) is 13.1. The maximum absolute atomic E-state index is 11.9. The fourth-order valence-electron chi connectivity index (χ4n) is 1.74. The van der Waals surface area contributed by atoms with Crippen LogP contribution in [0.3, 0.4) is 0 Å². The molecule has 1 aliphatic carbocycles. The number of hydrogen-bond acceptors (Lipinski definition) is 3. The standard InChI is InChI=1S/C12H16ClN3O2/c1-7(2)12-15-9(13)5-11(18)16(12)6-10(17)14-8-3-4-8/h5,7-8H,3-4,6H2,1-2H3,(H,14,17). The predicted molar refractivity (Wildman–Crippen MR) is 68.8 cm³/mol. The highest BCUT2D eigenvalue weighted by atomic mass is 35.5. The van der Waals surface area contributed by atoms with E-state index in [1.807, 2.05) is 13.8 Å². The van der Waals surface area contributed by atoms with E-state index in [2.05, 4.69) is 10.3 Å². The first-order valence-electron chi connectivity index (χ1n) is 6.04. The van der Waals surface area contributed by atoms with E-state index in [0.29, 0.717) is 5.82 Å². The van der Waals surface area contributed by atoms with E-state index >= 15 is 0 Å². The highest BCUT2D eigenvalue weighted by molar-refractivity contribution is 6.29. The predicted octanol–water partition coefficient (Wildman–Crippen LogP) is 1.30. The molecule has 0 unspecified atom stereocenters. The van der Waals surface area contributed by atoms with E-state index in [9.17, 15) is 9.59 Å². The van der Waals surface area contributed by atoms with Crippen LogP contribution in [-0.4, -0.2) is 21.5 Å². The Kier molecular flexibility index (Phi) is 3.71. The zero-order valence-electron chi connectivity index (χ0n) is 10.4. The largest absolute Gasteiger partial charge is 0.352 e. The second-order valence-corrected chi connectivity index (χ2v) is 5.25. The molecule has 0 aromatic carbocycles. The highest BCUT2D eigenvalue weighted by Crippen LogP contribution is 2.18. The summed E-state index contributed by atoms with van der Waals surface area (Å²) in [4.78, 5) is 27.7. The number of amides is 1. The molecule has 0 saturated heterocycles. The Morgan fingerprint density at radius 1 is 1.61 bits per heavy atom. The third kappa shape index (κ3) is 3.10. The van der Waals surface area contributed by atoms with Crippen LogP contribution in [0.4, 0.5) is 0 Å². The normalized spacial score (nSPS) is 14.9. The molecule has 1 aromatic rings. The van der Waals surface area contributed by atoms with Gasteiger partial charge in [-0.05, 0) is 12.8 Å². The summed E-state index contributed by atoms with van der Waals surface area (Å²) in [5.74, 6) is 0.425. The summed E-state index contributed by atoms with van der Waals surface area (Å²) in [6.45, 7) is 3.83. The number of nitrogens with zero attached hydrogens (tertiary/aromatic N) is 2. The van der Waals surface area contributed by atoms with Crippen molar-refractivity contribution in [2.75, 3.05) is 0 Å². The topological polar surface area (TPSA) is 64.0 Å². The molecule has 0 aliphatic heterocycles. The van der Waals surface area contributed by atoms with Crippen LogP contribution in [0.5, 0.6) is 0 Å². The van der Waals surface area contributed by atoms with E-state index < -0.39 is 0 Å². The van der Waals surface area contributed by atoms with Crippen LogP contribution in [0.1, 0.15) is 38.4 Å². The summed E-state index contributed by atoms with van der Waals surface area (Å²) in [6.07, 6.45) is 2.05. The summed E-state index contributed by atoms with van der Waals surface area (Å²) in [5, 5.41) is 3.02. The van der Waals surface area contributed by atoms with Crippen LogP contribution in [0.25, 0.3) is 0 Å². The van der Waals surface area contributed by atoms with Gasteiger partial charge in [-0.3, -0.25) is 14.2 Å². The fourth-order valence-corrected chi connectivity index (χ4v) is 1.92. The molecule has 1 amide bonds. The molecular formula is C12H16ClN3O2. The van der Waals surface area contributed by atoms with Crippen molar-refractivity contribution < 1.29 is 4.79 Å². The number of aromatic nitrogens is 2. The number of halogens is 1. The molecule has 1 aromatic heterocycles. The number of nitrogens with one attached hydrogen (secondary N) is 1. The molecule has 1 N–H and O–H groups in total. The van der Waals surface area contributed by atoms with Crippen molar-refractivity contribution in [2.45, 2.75) is 45.2 Å². The van der Waals surface area contributed by atoms with Crippen molar-refractivity contribution in [1.29, 1.82) is 0 Å². The Balaban J connectivity index is 2.24. The minimum Gasteiger partial charge on any atom is -0.352 e. The lowest BCUT2D eigenvalue weighted by atomic mass is 10.2. The lowest BCUT2D eigenvalue weighted by Crippen LogP contribution is -2.35. The zero-order chi connectivity index (χ0) is 13.3. The minimum atomic E-state index is -0.287. The number of carbonyl (C=O) groups is 1. The van der Waals surface area contributed by atoms with Gasteiger partial charge in [0.15, 0.2) is 0 Å². The van der Waals surface area contributed by atoms with Gasteiger partial charge in [-0.15, -0.1) is 0 Å². The first-order chi connectivity index (χ1) is 8.47. The van der Waals surface area contributed by atoms with Gasteiger partial charge in [0.2, 0.25) is 5.91 Å². The lowest BCUT2D eigenvalue weighted by Gasteiger charge is -2.14. The van der Waals surface area contributed by atoms with E-state index in [4.69, 9.17) is 11.6 Å². The Morgan fingerprint density at radius 3 is 2.83 bits per heavy atom. The average molecular weight is 270 g/mol. The third-order valence-electron chi connectivity index (χ3n) is 2.77. The van der Waals surface area contributed by atoms with Gasteiger partial charge in [-0.25, -0.2) is 4.98 Å². The summed E-state index contributed by atoms with van der Waals surface area (Å²) >= 11 is 5.77. The van der Waals surface area contributed by atoms with Gasteiger partial charge in [-0.1, -0.05) is 25.4 Å². The van der Waals surface area contributed by atoms with Crippen LogP contribution in [0, 0.1) is 0 Å². The van der Waals surface area contributed by atoms with Gasteiger partial charge in [-0.2, -0.15) is 0 Å². The van der Waals surface area contributed by atoms with Crippen LogP contribution in [0.15, 0.2) is 10.9 Å². The van der Waals surface area contributed by atoms with Crippen molar-refractivity contribution >= 4 is 17.5 Å². The molecule has 1 heterocycles. The molecule has 0 radical (unpaired) electrons. The molecule has 6 heteroatoms. The van der Waals surface area contributed by atoms with Crippen molar-refractivity contribution in [3.8, 4) is 0 Å². The van der Waals surface area contributed by atoms with Crippen molar-refractivity contribution in [2.24, 2.45) is 0 Å². The maximum Gasteiger partial charge on any atom is 0.255 e. The van der Waals surface area contributed by atoms with Crippen molar-refractivity contribution in [1.82, 2.24) is 14.9 Å². The van der Waals surface area contributed by atoms with E-state index in [1.54, 1.807) is 0 Å². The second-order valence-electron chi connectivity index (χ2n) is 4.86. The van der Waals surface area contributed by atoms with Crippen LogP contribution < -0.4 is 10.9 Å².